The molecule has 1 saturated heterocycles. The van der Waals surface area contributed by atoms with Crippen molar-refractivity contribution in [1.29, 1.82) is 0 Å². The predicted octanol–water partition coefficient (Wildman–Crippen LogP) is 1.72. The van der Waals surface area contributed by atoms with Crippen LogP contribution in [0.25, 0.3) is 0 Å². The predicted molar refractivity (Wildman–Crippen MR) is 74.6 cm³/mol. The average Bonchev–Trinajstić information content (AvgIpc) is 2.37. The first-order chi connectivity index (χ1) is 9.38. The van der Waals surface area contributed by atoms with Gasteiger partial charge in [0.15, 0.2) is 0 Å². The van der Waals surface area contributed by atoms with Gasteiger partial charge in [-0.3, -0.25) is 14.9 Å². The van der Waals surface area contributed by atoms with Crippen molar-refractivity contribution < 1.29 is 14.8 Å². The molecule has 0 aliphatic carbocycles. The fourth-order valence-corrected chi connectivity index (χ4v) is 2.68. The molecule has 0 radical (unpaired) electrons. The number of carbonyl (C=O) groups is 1. The Labute approximate surface area is 116 Å². The zero-order chi connectivity index (χ0) is 14.9. The van der Waals surface area contributed by atoms with Crippen molar-refractivity contribution in [3.05, 3.63) is 28.3 Å². The molecule has 2 unspecified atom stereocenters. The van der Waals surface area contributed by atoms with Gasteiger partial charge in [0.1, 0.15) is 5.69 Å². The molecule has 0 spiro atoms. The molecule has 1 fully saturated rings. The molecular formula is C13H17N3O4. The largest absolute Gasteiger partial charge is 0.481 e. The highest BCUT2D eigenvalue weighted by molar-refractivity contribution is 5.73. The fraction of sp³-hybridized carbons (Fsp3) is 0.462. The standard InChI is InChI=1S/C13H17N3O4/c1-8-4-9(13(17)18)7-15(6-8)12-5-10(14)2-3-11(12)16(19)20/h2-3,5,8-9H,4,6-7,14H2,1H3,(H,17,18). The smallest absolute Gasteiger partial charge is 0.308 e. The summed E-state index contributed by atoms with van der Waals surface area (Å²) in [5.41, 5.74) is 6.48. The lowest BCUT2D eigenvalue weighted by Gasteiger charge is -2.36. The van der Waals surface area contributed by atoms with E-state index in [0.29, 0.717) is 24.3 Å². The van der Waals surface area contributed by atoms with Crippen molar-refractivity contribution in [3.8, 4) is 0 Å². The Morgan fingerprint density at radius 1 is 1.50 bits per heavy atom. The Morgan fingerprint density at radius 3 is 2.80 bits per heavy atom. The van der Waals surface area contributed by atoms with Crippen LogP contribution in [0.4, 0.5) is 17.1 Å². The fourth-order valence-electron chi connectivity index (χ4n) is 2.68. The first kappa shape index (κ1) is 14.1. The molecule has 0 bridgehead atoms. The Kier molecular flexibility index (Phi) is 3.78. The number of nitro groups is 1. The van der Waals surface area contributed by atoms with Gasteiger partial charge in [-0.2, -0.15) is 0 Å². The van der Waals surface area contributed by atoms with E-state index < -0.39 is 16.8 Å². The highest BCUT2D eigenvalue weighted by Crippen LogP contribution is 2.34. The summed E-state index contributed by atoms with van der Waals surface area (Å²) in [5, 5.41) is 20.3. The van der Waals surface area contributed by atoms with Gasteiger partial charge in [0.25, 0.3) is 5.69 Å². The molecule has 1 aliphatic rings. The van der Waals surface area contributed by atoms with Crippen molar-refractivity contribution in [3.63, 3.8) is 0 Å². The topological polar surface area (TPSA) is 110 Å². The van der Waals surface area contributed by atoms with Crippen LogP contribution in [0.1, 0.15) is 13.3 Å². The van der Waals surface area contributed by atoms with E-state index in [2.05, 4.69) is 0 Å². The molecule has 0 aromatic heterocycles. The second-order valence-corrected chi connectivity index (χ2v) is 5.29. The van der Waals surface area contributed by atoms with E-state index in [9.17, 15) is 14.9 Å². The third-order valence-corrected chi connectivity index (χ3v) is 3.55. The van der Waals surface area contributed by atoms with E-state index >= 15 is 0 Å². The number of benzene rings is 1. The lowest BCUT2D eigenvalue weighted by atomic mass is 9.90. The molecule has 1 aromatic carbocycles. The van der Waals surface area contributed by atoms with Crippen molar-refractivity contribution in [1.82, 2.24) is 0 Å². The zero-order valence-corrected chi connectivity index (χ0v) is 11.2. The van der Waals surface area contributed by atoms with Crippen LogP contribution in [0.5, 0.6) is 0 Å². The highest BCUT2D eigenvalue weighted by Gasteiger charge is 2.32. The number of hydrogen-bond donors (Lipinski definition) is 2. The summed E-state index contributed by atoms with van der Waals surface area (Å²) in [6.45, 7) is 2.80. The van der Waals surface area contributed by atoms with Gasteiger partial charge in [0.2, 0.25) is 0 Å². The first-order valence-electron chi connectivity index (χ1n) is 6.40. The minimum absolute atomic E-state index is 0.0440. The lowest BCUT2D eigenvalue weighted by Crippen LogP contribution is -2.42. The Bertz CT molecular complexity index is 546. The molecule has 3 N–H and O–H groups in total. The quantitative estimate of drug-likeness (QED) is 0.495. The summed E-state index contributed by atoms with van der Waals surface area (Å²) in [7, 11) is 0. The van der Waals surface area contributed by atoms with Gasteiger partial charge in [0, 0.05) is 24.8 Å². The number of piperidine rings is 1. The molecule has 1 aromatic rings. The summed E-state index contributed by atoms with van der Waals surface area (Å²) in [5.74, 6) is -1.22. The number of hydrogen-bond acceptors (Lipinski definition) is 5. The molecule has 0 amide bonds. The highest BCUT2D eigenvalue weighted by atomic mass is 16.6. The summed E-state index contributed by atoms with van der Waals surface area (Å²) in [6.07, 6.45) is 0.585. The van der Waals surface area contributed by atoms with Crippen LogP contribution >= 0.6 is 0 Å². The summed E-state index contributed by atoms with van der Waals surface area (Å²) >= 11 is 0. The van der Waals surface area contributed by atoms with Gasteiger partial charge in [-0.25, -0.2) is 0 Å². The van der Waals surface area contributed by atoms with E-state index in [0.717, 1.165) is 0 Å². The van der Waals surface area contributed by atoms with Crippen LogP contribution < -0.4 is 10.6 Å². The number of nitrogens with zero attached hydrogens (tertiary/aromatic N) is 2. The number of anilines is 2. The SMILES string of the molecule is CC1CC(C(=O)O)CN(c2cc(N)ccc2[N+](=O)[O-])C1. The van der Waals surface area contributed by atoms with E-state index in [4.69, 9.17) is 10.8 Å². The third-order valence-electron chi connectivity index (χ3n) is 3.55. The van der Waals surface area contributed by atoms with Gasteiger partial charge in [-0.05, 0) is 24.5 Å². The number of nitro benzene ring substituents is 1. The molecule has 1 heterocycles. The number of carboxylic acid groups (broad SMARTS) is 1. The first-order valence-corrected chi connectivity index (χ1v) is 6.40. The van der Waals surface area contributed by atoms with Crippen LogP contribution in [-0.2, 0) is 4.79 Å². The third kappa shape index (κ3) is 2.81. The summed E-state index contributed by atoms with van der Waals surface area (Å²) < 4.78 is 0. The second-order valence-electron chi connectivity index (χ2n) is 5.29. The molecule has 7 heteroatoms. The van der Waals surface area contributed by atoms with Gasteiger partial charge in [-0.1, -0.05) is 6.92 Å². The Morgan fingerprint density at radius 2 is 2.20 bits per heavy atom. The van der Waals surface area contributed by atoms with Crippen LogP contribution in [0.15, 0.2) is 18.2 Å². The Hall–Kier alpha value is -2.31. The Balaban J connectivity index is 2.37. The van der Waals surface area contributed by atoms with Gasteiger partial charge in [-0.15, -0.1) is 0 Å². The molecule has 0 saturated carbocycles. The maximum atomic E-state index is 11.2. The van der Waals surface area contributed by atoms with Crippen molar-refractivity contribution in [2.45, 2.75) is 13.3 Å². The minimum atomic E-state index is -0.867. The monoisotopic (exact) mass is 279 g/mol. The van der Waals surface area contributed by atoms with Crippen molar-refractivity contribution in [2.24, 2.45) is 11.8 Å². The number of carboxylic acids is 1. The minimum Gasteiger partial charge on any atom is -0.481 e. The normalized spacial score (nSPS) is 22.6. The van der Waals surface area contributed by atoms with Crippen LogP contribution in [0, 0.1) is 22.0 Å². The number of nitrogens with two attached hydrogens (primary N) is 1. The van der Waals surface area contributed by atoms with Gasteiger partial charge in [0.05, 0.1) is 10.8 Å². The molecule has 1 aliphatic heterocycles. The average molecular weight is 279 g/mol. The van der Waals surface area contributed by atoms with E-state index in [1.165, 1.54) is 18.2 Å². The second kappa shape index (κ2) is 5.36. The van der Waals surface area contributed by atoms with Gasteiger partial charge < -0.3 is 15.7 Å². The maximum Gasteiger partial charge on any atom is 0.308 e. The number of nitrogen functional groups attached to an aromatic ring is 1. The van der Waals surface area contributed by atoms with E-state index in [-0.39, 0.29) is 18.2 Å². The van der Waals surface area contributed by atoms with Crippen LogP contribution in [-0.4, -0.2) is 29.1 Å². The number of rotatable bonds is 3. The van der Waals surface area contributed by atoms with Crippen molar-refractivity contribution in [2.75, 3.05) is 23.7 Å². The molecule has 20 heavy (non-hydrogen) atoms. The maximum absolute atomic E-state index is 11.2. The lowest BCUT2D eigenvalue weighted by molar-refractivity contribution is -0.384. The summed E-state index contributed by atoms with van der Waals surface area (Å²) in [6, 6.07) is 4.37. The van der Waals surface area contributed by atoms with Crippen molar-refractivity contribution >= 4 is 23.0 Å². The van der Waals surface area contributed by atoms with Crippen LogP contribution in [0.3, 0.4) is 0 Å². The molecule has 2 rings (SSSR count). The molecular weight excluding hydrogens is 262 g/mol. The van der Waals surface area contributed by atoms with E-state index in [1.807, 2.05) is 6.92 Å². The zero-order valence-electron chi connectivity index (χ0n) is 11.2. The van der Waals surface area contributed by atoms with Crippen LogP contribution in [0.2, 0.25) is 0 Å². The number of aliphatic carboxylic acids is 1. The van der Waals surface area contributed by atoms with Gasteiger partial charge >= 0.3 is 5.97 Å². The molecule has 2 atom stereocenters. The summed E-state index contributed by atoms with van der Waals surface area (Å²) in [4.78, 5) is 23.6. The van der Waals surface area contributed by atoms with E-state index in [1.54, 1.807) is 4.90 Å². The molecule has 7 nitrogen and oxygen atoms in total. The molecule has 108 valence electrons.